The van der Waals surface area contributed by atoms with E-state index in [0.717, 1.165) is 6.04 Å². The van der Waals surface area contributed by atoms with Crippen LogP contribution in [0, 0.1) is 0 Å². The van der Waals surface area contributed by atoms with E-state index in [9.17, 15) is 4.79 Å². The quantitative estimate of drug-likeness (QED) is 0.646. The molecule has 2 heterocycles. The molecule has 0 atom stereocenters. The molecule has 2 aromatic heterocycles. The summed E-state index contributed by atoms with van der Waals surface area (Å²) in [6.07, 6.45) is 2.76. The highest BCUT2D eigenvalue weighted by atomic mass is 28.3. The number of rotatable bonds is 6. The minimum Gasteiger partial charge on any atom is -0.476 e. The van der Waals surface area contributed by atoms with E-state index in [4.69, 9.17) is 9.84 Å². The molecule has 0 bridgehead atoms. The van der Waals surface area contributed by atoms with Gasteiger partial charge in [-0.3, -0.25) is 4.57 Å². The van der Waals surface area contributed by atoms with E-state index in [1.807, 2.05) is 0 Å². The maximum atomic E-state index is 11.0. The number of carbonyl (C=O) groups is 1. The van der Waals surface area contributed by atoms with Crippen molar-refractivity contribution in [1.82, 2.24) is 19.5 Å². The molecule has 0 saturated heterocycles. The Morgan fingerprint density at radius 1 is 1.35 bits per heavy atom. The maximum absolute atomic E-state index is 11.0. The number of aromatic carboxylic acids is 1. The van der Waals surface area contributed by atoms with Crippen molar-refractivity contribution in [3.05, 3.63) is 18.3 Å². The van der Waals surface area contributed by atoms with Crippen molar-refractivity contribution in [3.8, 4) is 0 Å². The molecule has 0 fully saturated rings. The highest BCUT2D eigenvalue weighted by molar-refractivity contribution is 6.76. The first-order valence-corrected chi connectivity index (χ1v) is 10.1. The van der Waals surface area contributed by atoms with Gasteiger partial charge in [0.05, 0.1) is 6.33 Å². The summed E-state index contributed by atoms with van der Waals surface area (Å²) < 4.78 is 7.30. The molecular weight excluding hydrogens is 276 g/mol. The Hall–Kier alpha value is -1.80. The SMILES string of the molecule is C[Si](C)(C)CCOCn1cnc2c(C(=O)O)ncnc21. The predicted octanol–water partition coefficient (Wildman–Crippen LogP) is 1.84. The van der Waals surface area contributed by atoms with Crippen LogP contribution in [-0.2, 0) is 11.5 Å². The second kappa shape index (κ2) is 5.67. The van der Waals surface area contributed by atoms with Gasteiger partial charge in [-0.15, -0.1) is 0 Å². The first-order chi connectivity index (χ1) is 9.38. The Bertz CT molecular complexity index is 621. The zero-order chi connectivity index (χ0) is 14.8. The van der Waals surface area contributed by atoms with Crippen LogP contribution in [0.25, 0.3) is 11.2 Å². The van der Waals surface area contributed by atoms with Crippen LogP contribution < -0.4 is 0 Å². The number of hydrogen-bond donors (Lipinski definition) is 1. The van der Waals surface area contributed by atoms with E-state index < -0.39 is 14.0 Å². The third kappa shape index (κ3) is 3.39. The molecule has 108 valence electrons. The fourth-order valence-corrected chi connectivity index (χ4v) is 2.43. The molecule has 8 heteroatoms. The standard InChI is InChI=1S/C12H18N4O3Si/c1-20(2,3)5-4-19-8-16-7-15-9-10(12(17)18)13-6-14-11(9)16/h6-7H,4-5,8H2,1-3H3,(H,17,18). The summed E-state index contributed by atoms with van der Waals surface area (Å²) in [5.74, 6) is -1.11. The summed E-state index contributed by atoms with van der Waals surface area (Å²) in [7, 11) is -1.11. The molecule has 0 unspecified atom stereocenters. The number of carboxylic acid groups (broad SMARTS) is 1. The van der Waals surface area contributed by atoms with Crippen molar-refractivity contribution in [2.75, 3.05) is 6.61 Å². The Morgan fingerprint density at radius 2 is 2.10 bits per heavy atom. The van der Waals surface area contributed by atoms with E-state index in [1.165, 1.54) is 12.7 Å². The smallest absolute Gasteiger partial charge is 0.356 e. The van der Waals surface area contributed by atoms with E-state index in [1.54, 1.807) is 4.57 Å². The van der Waals surface area contributed by atoms with E-state index in [2.05, 4.69) is 34.6 Å². The van der Waals surface area contributed by atoms with E-state index in [-0.39, 0.29) is 11.2 Å². The van der Waals surface area contributed by atoms with Gasteiger partial charge in [0.1, 0.15) is 18.6 Å². The summed E-state index contributed by atoms with van der Waals surface area (Å²) >= 11 is 0. The Morgan fingerprint density at radius 3 is 2.75 bits per heavy atom. The van der Waals surface area contributed by atoms with Crippen molar-refractivity contribution in [1.29, 1.82) is 0 Å². The molecule has 1 N–H and O–H groups in total. The third-order valence-corrected chi connectivity index (χ3v) is 4.53. The van der Waals surface area contributed by atoms with Crippen LogP contribution >= 0.6 is 0 Å². The highest BCUT2D eigenvalue weighted by Gasteiger charge is 2.16. The molecule has 20 heavy (non-hydrogen) atoms. The molecule has 2 aromatic rings. The summed E-state index contributed by atoms with van der Waals surface area (Å²) in [5.41, 5.74) is 0.676. The van der Waals surface area contributed by atoms with Gasteiger partial charge >= 0.3 is 5.97 Å². The van der Waals surface area contributed by atoms with Crippen molar-refractivity contribution in [2.24, 2.45) is 0 Å². The Kier molecular flexibility index (Phi) is 4.14. The zero-order valence-corrected chi connectivity index (χ0v) is 12.8. The molecule has 0 spiro atoms. The zero-order valence-electron chi connectivity index (χ0n) is 11.8. The maximum Gasteiger partial charge on any atom is 0.356 e. The topological polar surface area (TPSA) is 90.1 Å². The molecule has 0 aliphatic heterocycles. The number of fused-ring (bicyclic) bond motifs is 1. The number of carboxylic acids is 1. The van der Waals surface area contributed by atoms with Crippen LogP contribution in [-0.4, -0.2) is 45.3 Å². The molecule has 0 saturated carbocycles. The number of nitrogens with zero attached hydrogens (tertiary/aromatic N) is 4. The summed E-state index contributed by atoms with van der Waals surface area (Å²) in [5, 5.41) is 9.03. The summed E-state index contributed by atoms with van der Waals surface area (Å²) in [4.78, 5) is 22.9. The Labute approximate surface area is 117 Å². The van der Waals surface area contributed by atoms with Crippen LogP contribution in [0.4, 0.5) is 0 Å². The van der Waals surface area contributed by atoms with Gasteiger partial charge in [0.15, 0.2) is 11.3 Å². The monoisotopic (exact) mass is 294 g/mol. The lowest BCUT2D eigenvalue weighted by Gasteiger charge is -2.15. The van der Waals surface area contributed by atoms with Gasteiger partial charge in [-0.05, 0) is 6.04 Å². The van der Waals surface area contributed by atoms with Crippen LogP contribution in [0.3, 0.4) is 0 Å². The molecule has 0 aliphatic rings. The first kappa shape index (κ1) is 14.6. The van der Waals surface area contributed by atoms with Crippen molar-refractivity contribution < 1.29 is 14.6 Å². The number of ether oxygens (including phenoxy) is 1. The average molecular weight is 294 g/mol. The van der Waals surface area contributed by atoms with Gasteiger partial charge in [0.2, 0.25) is 0 Å². The third-order valence-electron chi connectivity index (χ3n) is 2.83. The van der Waals surface area contributed by atoms with Gasteiger partial charge < -0.3 is 9.84 Å². The van der Waals surface area contributed by atoms with Gasteiger partial charge in [0, 0.05) is 14.7 Å². The minimum absolute atomic E-state index is 0.0872. The fourth-order valence-electron chi connectivity index (χ4n) is 1.67. The van der Waals surface area contributed by atoms with Gasteiger partial charge in [0.25, 0.3) is 0 Å². The molecule has 0 amide bonds. The largest absolute Gasteiger partial charge is 0.476 e. The van der Waals surface area contributed by atoms with Crippen molar-refractivity contribution >= 4 is 25.2 Å². The number of hydrogen-bond acceptors (Lipinski definition) is 5. The molecular formula is C12H18N4O3Si. The van der Waals surface area contributed by atoms with Crippen LogP contribution in [0.15, 0.2) is 12.7 Å². The molecule has 2 rings (SSSR count). The number of aromatic nitrogens is 4. The summed E-state index contributed by atoms with van der Waals surface area (Å²) in [6, 6.07) is 1.08. The van der Waals surface area contributed by atoms with E-state index in [0.29, 0.717) is 19.0 Å². The van der Waals surface area contributed by atoms with Crippen LogP contribution in [0.5, 0.6) is 0 Å². The highest BCUT2D eigenvalue weighted by Crippen LogP contribution is 2.13. The predicted molar refractivity (Wildman–Crippen MR) is 76.4 cm³/mol. The molecule has 0 aliphatic carbocycles. The average Bonchev–Trinajstić information content (AvgIpc) is 2.76. The molecule has 0 radical (unpaired) electrons. The second-order valence-electron chi connectivity index (χ2n) is 5.76. The molecule has 0 aromatic carbocycles. The van der Waals surface area contributed by atoms with Gasteiger partial charge in [-0.2, -0.15) is 0 Å². The number of imidazole rings is 1. The first-order valence-electron chi connectivity index (χ1n) is 6.35. The fraction of sp³-hybridized carbons (Fsp3) is 0.500. The van der Waals surface area contributed by atoms with Crippen LogP contribution in [0.1, 0.15) is 10.5 Å². The van der Waals surface area contributed by atoms with Crippen molar-refractivity contribution in [3.63, 3.8) is 0 Å². The minimum atomic E-state index is -1.11. The van der Waals surface area contributed by atoms with Gasteiger partial charge in [-0.1, -0.05) is 19.6 Å². The van der Waals surface area contributed by atoms with Gasteiger partial charge in [-0.25, -0.2) is 19.7 Å². The Balaban J connectivity index is 2.08. The van der Waals surface area contributed by atoms with E-state index >= 15 is 0 Å². The normalized spacial score (nSPS) is 11.9. The summed E-state index contributed by atoms with van der Waals surface area (Å²) in [6.45, 7) is 7.86. The van der Waals surface area contributed by atoms with Crippen molar-refractivity contribution in [2.45, 2.75) is 32.4 Å². The van der Waals surface area contributed by atoms with Crippen LogP contribution in [0.2, 0.25) is 25.7 Å². The second-order valence-corrected chi connectivity index (χ2v) is 11.4. The molecule has 7 nitrogen and oxygen atoms in total. The lowest BCUT2D eigenvalue weighted by molar-refractivity contribution is 0.0692. The lowest BCUT2D eigenvalue weighted by atomic mass is 10.3. The lowest BCUT2D eigenvalue weighted by Crippen LogP contribution is -2.22.